The zero-order chi connectivity index (χ0) is 29.0. The van der Waals surface area contributed by atoms with Crippen LogP contribution in [0.1, 0.15) is 74.7 Å². The predicted octanol–water partition coefficient (Wildman–Crippen LogP) is 3.26. The van der Waals surface area contributed by atoms with Gasteiger partial charge in [0.2, 0.25) is 17.7 Å². The average molecular weight is 523 g/mol. The van der Waals surface area contributed by atoms with E-state index in [9.17, 15) is 19.2 Å². The van der Waals surface area contributed by atoms with Gasteiger partial charge in [-0.05, 0) is 60.3 Å². The van der Waals surface area contributed by atoms with Crippen molar-refractivity contribution in [2.45, 2.75) is 92.3 Å². The van der Waals surface area contributed by atoms with Crippen LogP contribution < -0.4 is 16.4 Å². The van der Waals surface area contributed by atoms with E-state index >= 15 is 0 Å². The van der Waals surface area contributed by atoms with E-state index in [1.165, 1.54) is 5.57 Å². The zero-order valence-corrected chi connectivity index (χ0v) is 24.1. The zero-order valence-electron chi connectivity index (χ0n) is 24.1. The number of nitrogens with zero attached hydrogens (tertiary/aromatic N) is 1. The number of allylic oxidation sites excluding steroid dienone is 5. The lowest BCUT2D eigenvalue weighted by molar-refractivity contribution is -0.140. The number of carbonyl (C=O) groups is 4. The van der Waals surface area contributed by atoms with Crippen molar-refractivity contribution in [3.63, 3.8) is 0 Å². The number of ether oxygens (including phenoxy) is 1. The first-order chi connectivity index (χ1) is 17.2. The Labute approximate surface area is 223 Å². The van der Waals surface area contributed by atoms with Crippen molar-refractivity contribution in [1.82, 2.24) is 15.5 Å². The van der Waals surface area contributed by atoms with Crippen molar-refractivity contribution in [3.05, 3.63) is 36.5 Å². The molecule has 3 amide bonds. The highest BCUT2D eigenvalue weighted by atomic mass is 16.5. The smallest absolute Gasteiger partial charge is 0.293 e. The molecule has 0 radical (unpaired) electrons. The van der Waals surface area contributed by atoms with Crippen LogP contribution in [0.15, 0.2) is 36.5 Å². The fraction of sp³-hybridized carbons (Fsp3) is 0.643. The Balaban J connectivity index is 0. The summed E-state index contributed by atoms with van der Waals surface area (Å²) in [4.78, 5) is 46.2. The third-order valence-electron chi connectivity index (χ3n) is 5.01. The Kier molecular flexibility index (Phi) is 19.7. The lowest BCUT2D eigenvalue weighted by Crippen LogP contribution is -2.57. The number of nitrogens with one attached hydrogen (secondary N) is 2. The number of rotatable bonds is 11. The third kappa shape index (κ3) is 22.0. The van der Waals surface area contributed by atoms with Gasteiger partial charge in [-0.15, -0.1) is 0 Å². The number of primary amides is 1. The summed E-state index contributed by atoms with van der Waals surface area (Å²) in [7, 11) is 0. The van der Waals surface area contributed by atoms with Crippen LogP contribution in [0.5, 0.6) is 0 Å². The highest BCUT2D eigenvalue weighted by molar-refractivity contribution is 5.88. The summed E-state index contributed by atoms with van der Waals surface area (Å²) in [5.41, 5.74) is 6.03. The average Bonchev–Trinajstić information content (AvgIpc) is 2.78. The molecule has 0 saturated carbocycles. The second-order valence-electron chi connectivity index (χ2n) is 10.3. The molecule has 212 valence electrons. The maximum atomic E-state index is 12.3. The van der Waals surface area contributed by atoms with Crippen molar-refractivity contribution in [2.75, 3.05) is 19.6 Å². The molecule has 1 fully saturated rings. The van der Waals surface area contributed by atoms with Gasteiger partial charge in [-0.2, -0.15) is 0 Å². The van der Waals surface area contributed by atoms with Crippen LogP contribution in [-0.2, 0) is 23.9 Å². The first-order valence-electron chi connectivity index (χ1n) is 12.8. The molecule has 37 heavy (non-hydrogen) atoms. The van der Waals surface area contributed by atoms with E-state index in [0.29, 0.717) is 31.9 Å². The SMILES string of the molecule is C=C/C=C\C(C)=C/C.CC(C)(C)OC=O.CC(C)CC1NCCN(CC(=O)NC(C)CCC(N)=O)C1=O. The van der Waals surface area contributed by atoms with Gasteiger partial charge < -0.3 is 26.0 Å². The Morgan fingerprint density at radius 3 is 2.35 bits per heavy atom. The Morgan fingerprint density at radius 1 is 1.30 bits per heavy atom. The van der Waals surface area contributed by atoms with Crippen LogP contribution in [0, 0.1) is 5.92 Å². The number of nitrogens with two attached hydrogens (primary N) is 1. The quantitative estimate of drug-likeness (QED) is 0.282. The normalized spacial score (nSPS) is 16.7. The number of hydrogen-bond acceptors (Lipinski definition) is 6. The summed E-state index contributed by atoms with van der Waals surface area (Å²) in [6.45, 7) is 20.8. The molecule has 1 saturated heterocycles. The fourth-order valence-electron chi connectivity index (χ4n) is 2.99. The Morgan fingerprint density at radius 2 is 1.92 bits per heavy atom. The van der Waals surface area contributed by atoms with Crippen molar-refractivity contribution in [3.8, 4) is 0 Å². The number of piperazine rings is 1. The third-order valence-corrected chi connectivity index (χ3v) is 5.01. The van der Waals surface area contributed by atoms with E-state index in [2.05, 4.69) is 48.8 Å². The standard InChI is InChI=1S/C15H28N4O3.C8H12.C5H10O2/c1-10(2)8-12-15(22)19(7-6-17-12)9-14(21)18-11(3)4-5-13(16)20;1-4-6-7-8(3)5-2;1-5(2,3)7-4-6/h10-12,17H,4-9H2,1-3H3,(H2,16,20)(H,18,21);4-7H,1H2,2-3H3;4H,1-3H3/b;7-6-,8-5-;. The molecule has 1 heterocycles. The van der Waals surface area contributed by atoms with Gasteiger partial charge in [0.25, 0.3) is 6.47 Å². The lowest BCUT2D eigenvalue weighted by Gasteiger charge is -2.33. The van der Waals surface area contributed by atoms with Crippen LogP contribution >= 0.6 is 0 Å². The Hall–Kier alpha value is -2.94. The van der Waals surface area contributed by atoms with Crippen molar-refractivity contribution in [2.24, 2.45) is 11.7 Å². The summed E-state index contributed by atoms with van der Waals surface area (Å²) >= 11 is 0. The molecule has 0 aliphatic carbocycles. The van der Waals surface area contributed by atoms with E-state index < -0.39 is 0 Å². The van der Waals surface area contributed by atoms with Crippen molar-refractivity contribution < 1.29 is 23.9 Å². The van der Waals surface area contributed by atoms with Gasteiger partial charge in [0.1, 0.15) is 5.60 Å². The van der Waals surface area contributed by atoms with Crippen LogP contribution in [0.25, 0.3) is 0 Å². The van der Waals surface area contributed by atoms with Crippen LogP contribution in [0.2, 0.25) is 0 Å². The second-order valence-corrected chi connectivity index (χ2v) is 10.3. The maximum absolute atomic E-state index is 12.3. The first-order valence-corrected chi connectivity index (χ1v) is 12.8. The van der Waals surface area contributed by atoms with E-state index in [1.807, 2.05) is 46.8 Å². The molecule has 0 aromatic heterocycles. The molecule has 1 rings (SSSR count). The minimum atomic E-state index is -0.380. The number of carbonyl (C=O) groups excluding carboxylic acids is 4. The van der Waals surface area contributed by atoms with Gasteiger partial charge in [0.05, 0.1) is 12.6 Å². The molecule has 2 atom stereocenters. The molecule has 9 nitrogen and oxygen atoms in total. The maximum Gasteiger partial charge on any atom is 0.293 e. The van der Waals surface area contributed by atoms with Gasteiger partial charge in [0.15, 0.2) is 0 Å². The highest BCUT2D eigenvalue weighted by Crippen LogP contribution is 2.11. The van der Waals surface area contributed by atoms with Crippen LogP contribution in [0.4, 0.5) is 0 Å². The van der Waals surface area contributed by atoms with E-state index in [-0.39, 0.29) is 48.4 Å². The molecule has 2 unspecified atom stereocenters. The summed E-state index contributed by atoms with van der Waals surface area (Å²) in [6, 6.07) is -0.335. The molecule has 0 spiro atoms. The molecule has 1 aliphatic heterocycles. The molecular weight excluding hydrogens is 472 g/mol. The van der Waals surface area contributed by atoms with Crippen LogP contribution in [-0.4, -0.2) is 66.4 Å². The van der Waals surface area contributed by atoms with Gasteiger partial charge >= 0.3 is 0 Å². The first kappa shape index (κ1) is 36.2. The van der Waals surface area contributed by atoms with Gasteiger partial charge in [-0.25, -0.2) is 0 Å². The molecule has 0 aromatic carbocycles. The monoisotopic (exact) mass is 522 g/mol. The highest BCUT2D eigenvalue weighted by Gasteiger charge is 2.29. The van der Waals surface area contributed by atoms with Crippen molar-refractivity contribution >= 4 is 24.2 Å². The molecule has 4 N–H and O–H groups in total. The summed E-state index contributed by atoms with van der Waals surface area (Å²) < 4.78 is 4.55. The van der Waals surface area contributed by atoms with Crippen LogP contribution in [0.3, 0.4) is 0 Å². The summed E-state index contributed by atoms with van der Waals surface area (Å²) in [5, 5.41) is 6.00. The molecule has 1 aliphatic rings. The molecule has 9 heteroatoms. The van der Waals surface area contributed by atoms with Gasteiger partial charge in [-0.1, -0.05) is 50.3 Å². The second kappa shape index (κ2) is 20.2. The molecule has 0 bridgehead atoms. The van der Waals surface area contributed by atoms with E-state index in [1.54, 1.807) is 11.0 Å². The summed E-state index contributed by atoms with van der Waals surface area (Å²) in [6.07, 6.45) is 9.29. The number of hydrogen-bond donors (Lipinski definition) is 3. The van der Waals surface area contributed by atoms with Crippen molar-refractivity contribution in [1.29, 1.82) is 0 Å². The van der Waals surface area contributed by atoms with E-state index in [0.717, 1.165) is 6.42 Å². The largest absolute Gasteiger partial charge is 0.462 e. The molecular formula is C28H50N4O5. The van der Waals surface area contributed by atoms with Gasteiger partial charge in [0, 0.05) is 25.6 Å². The number of amides is 3. The summed E-state index contributed by atoms with van der Waals surface area (Å²) in [5.74, 6) is -0.172. The minimum Gasteiger partial charge on any atom is -0.462 e. The van der Waals surface area contributed by atoms with Gasteiger partial charge in [-0.3, -0.25) is 19.2 Å². The molecule has 0 aromatic rings. The minimum absolute atomic E-state index is 0.0140. The fourth-order valence-corrected chi connectivity index (χ4v) is 2.99. The Bertz CT molecular complexity index is 769. The predicted molar refractivity (Wildman–Crippen MR) is 150 cm³/mol. The van der Waals surface area contributed by atoms with E-state index in [4.69, 9.17) is 5.73 Å². The topological polar surface area (TPSA) is 131 Å². The lowest BCUT2D eigenvalue weighted by atomic mass is 10.0.